The Morgan fingerprint density at radius 2 is 2.04 bits per heavy atom. The van der Waals surface area contributed by atoms with Gasteiger partial charge in [0.05, 0.1) is 37.6 Å². The molecule has 136 valence electrons. The van der Waals surface area contributed by atoms with Crippen LogP contribution in [0.1, 0.15) is 66.2 Å². The SMILES string of the molecule is CCCCCC(O)C1CC(OCC2COC(C)(C)O2)C(CC)O1. The summed E-state index contributed by atoms with van der Waals surface area (Å²) in [5.41, 5.74) is 0. The Bertz CT molecular complexity index is 346. The lowest BCUT2D eigenvalue weighted by Gasteiger charge is -2.20. The van der Waals surface area contributed by atoms with Crippen molar-refractivity contribution in [1.82, 2.24) is 0 Å². The van der Waals surface area contributed by atoms with Crippen molar-refractivity contribution in [2.45, 2.75) is 103 Å². The average Bonchev–Trinajstić information content (AvgIpc) is 3.08. The molecule has 0 radical (unpaired) electrons. The topological polar surface area (TPSA) is 57.2 Å². The summed E-state index contributed by atoms with van der Waals surface area (Å²) in [6.45, 7) is 9.20. The average molecular weight is 330 g/mol. The van der Waals surface area contributed by atoms with Crippen molar-refractivity contribution in [3.8, 4) is 0 Å². The zero-order valence-electron chi connectivity index (χ0n) is 15.1. The predicted molar refractivity (Wildman–Crippen MR) is 88.4 cm³/mol. The van der Waals surface area contributed by atoms with Gasteiger partial charge in [0.25, 0.3) is 0 Å². The van der Waals surface area contributed by atoms with Crippen LogP contribution in [0.3, 0.4) is 0 Å². The highest BCUT2D eigenvalue weighted by molar-refractivity contribution is 4.87. The van der Waals surface area contributed by atoms with Gasteiger partial charge in [-0.15, -0.1) is 0 Å². The second-order valence-electron chi connectivity index (χ2n) is 7.24. The van der Waals surface area contributed by atoms with Gasteiger partial charge in [0.2, 0.25) is 0 Å². The minimum absolute atomic E-state index is 0.0176. The second-order valence-corrected chi connectivity index (χ2v) is 7.24. The molecule has 2 heterocycles. The standard InChI is InChI=1S/C18H34O5/c1-5-7-8-9-14(19)16-10-17(15(6-2)22-16)20-11-13-12-21-18(3,4)23-13/h13-17,19H,5-12H2,1-4H3. The fourth-order valence-corrected chi connectivity index (χ4v) is 3.40. The minimum atomic E-state index is -0.512. The van der Waals surface area contributed by atoms with Crippen molar-refractivity contribution in [3.05, 3.63) is 0 Å². The summed E-state index contributed by atoms with van der Waals surface area (Å²) in [5, 5.41) is 10.3. The Morgan fingerprint density at radius 1 is 1.26 bits per heavy atom. The van der Waals surface area contributed by atoms with Crippen LogP contribution in [0.4, 0.5) is 0 Å². The number of hydrogen-bond acceptors (Lipinski definition) is 5. The molecule has 0 spiro atoms. The maximum Gasteiger partial charge on any atom is 0.163 e. The van der Waals surface area contributed by atoms with Gasteiger partial charge in [-0.1, -0.05) is 33.1 Å². The Hall–Kier alpha value is -0.200. The monoisotopic (exact) mass is 330 g/mol. The summed E-state index contributed by atoms with van der Waals surface area (Å²) >= 11 is 0. The van der Waals surface area contributed by atoms with Crippen molar-refractivity contribution in [3.63, 3.8) is 0 Å². The van der Waals surface area contributed by atoms with Crippen LogP contribution >= 0.6 is 0 Å². The highest BCUT2D eigenvalue weighted by atomic mass is 16.7. The van der Waals surface area contributed by atoms with Crippen molar-refractivity contribution >= 4 is 0 Å². The van der Waals surface area contributed by atoms with Crippen molar-refractivity contribution in [2.75, 3.05) is 13.2 Å². The molecule has 0 amide bonds. The third-order valence-electron chi connectivity index (χ3n) is 4.73. The Balaban J connectivity index is 1.75. The molecule has 0 bridgehead atoms. The number of aliphatic hydroxyl groups excluding tert-OH is 1. The molecule has 0 aromatic heterocycles. The molecule has 2 fully saturated rings. The lowest BCUT2D eigenvalue weighted by Crippen LogP contribution is -2.30. The van der Waals surface area contributed by atoms with Gasteiger partial charge in [0.15, 0.2) is 5.79 Å². The predicted octanol–water partition coefficient (Wildman–Crippen LogP) is 3.03. The molecule has 2 aliphatic rings. The molecule has 23 heavy (non-hydrogen) atoms. The molecule has 0 saturated carbocycles. The molecule has 0 aromatic carbocycles. The first-order valence-electron chi connectivity index (χ1n) is 9.22. The zero-order chi connectivity index (χ0) is 16.9. The molecule has 5 nitrogen and oxygen atoms in total. The number of hydrogen-bond donors (Lipinski definition) is 1. The van der Waals surface area contributed by atoms with E-state index in [9.17, 15) is 5.11 Å². The smallest absolute Gasteiger partial charge is 0.163 e. The molecule has 5 atom stereocenters. The van der Waals surface area contributed by atoms with E-state index in [-0.39, 0.29) is 30.5 Å². The highest BCUT2D eigenvalue weighted by Crippen LogP contribution is 2.30. The van der Waals surface area contributed by atoms with E-state index in [1.165, 1.54) is 6.42 Å². The van der Waals surface area contributed by atoms with Gasteiger partial charge in [-0.25, -0.2) is 0 Å². The van der Waals surface area contributed by atoms with Crippen LogP contribution in [0, 0.1) is 0 Å². The molecular formula is C18H34O5. The fraction of sp³-hybridized carbons (Fsp3) is 1.00. The van der Waals surface area contributed by atoms with Crippen LogP contribution in [0.2, 0.25) is 0 Å². The number of unbranched alkanes of at least 4 members (excludes halogenated alkanes) is 2. The van der Waals surface area contributed by atoms with E-state index >= 15 is 0 Å². The van der Waals surface area contributed by atoms with Gasteiger partial charge in [0, 0.05) is 6.42 Å². The van der Waals surface area contributed by atoms with E-state index in [1.807, 2.05) is 13.8 Å². The lowest BCUT2D eigenvalue weighted by molar-refractivity contribution is -0.149. The van der Waals surface area contributed by atoms with Gasteiger partial charge < -0.3 is 24.1 Å². The second kappa shape index (κ2) is 8.77. The maximum absolute atomic E-state index is 10.3. The molecule has 5 heteroatoms. The summed E-state index contributed by atoms with van der Waals surface area (Å²) in [5.74, 6) is -0.512. The maximum atomic E-state index is 10.3. The van der Waals surface area contributed by atoms with Crippen LogP contribution in [0.15, 0.2) is 0 Å². The zero-order valence-corrected chi connectivity index (χ0v) is 15.1. The molecule has 0 aromatic rings. The van der Waals surface area contributed by atoms with E-state index in [0.717, 1.165) is 32.1 Å². The van der Waals surface area contributed by atoms with Crippen LogP contribution in [0.25, 0.3) is 0 Å². The molecule has 0 aliphatic carbocycles. The first-order valence-corrected chi connectivity index (χ1v) is 9.22. The molecule has 2 aliphatic heterocycles. The van der Waals surface area contributed by atoms with Gasteiger partial charge in [-0.05, 0) is 26.7 Å². The minimum Gasteiger partial charge on any atom is -0.390 e. The van der Waals surface area contributed by atoms with Gasteiger partial charge >= 0.3 is 0 Å². The molecule has 2 saturated heterocycles. The van der Waals surface area contributed by atoms with Crippen LogP contribution in [0.5, 0.6) is 0 Å². The summed E-state index contributed by atoms with van der Waals surface area (Å²) in [6, 6.07) is 0. The van der Waals surface area contributed by atoms with E-state index in [1.54, 1.807) is 0 Å². The van der Waals surface area contributed by atoms with Crippen LogP contribution in [-0.4, -0.2) is 54.6 Å². The number of rotatable bonds is 9. The van der Waals surface area contributed by atoms with Crippen molar-refractivity contribution in [2.24, 2.45) is 0 Å². The van der Waals surface area contributed by atoms with Crippen molar-refractivity contribution in [1.29, 1.82) is 0 Å². The third-order valence-corrected chi connectivity index (χ3v) is 4.73. The lowest BCUT2D eigenvalue weighted by atomic mass is 10.0. The van der Waals surface area contributed by atoms with E-state index in [4.69, 9.17) is 18.9 Å². The van der Waals surface area contributed by atoms with E-state index in [0.29, 0.717) is 13.2 Å². The number of ether oxygens (including phenoxy) is 4. The van der Waals surface area contributed by atoms with Gasteiger partial charge in [0.1, 0.15) is 6.10 Å². The fourth-order valence-electron chi connectivity index (χ4n) is 3.40. The quantitative estimate of drug-likeness (QED) is 0.659. The summed E-state index contributed by atoms with van der Waals surface area (Å²) in [7, 11) is 0. The van der Waals surface area contributed by atoms with E-state index < -0.39 is 5.79 Å². The van der Waals surface area contributed by atoms with Crippen LogP contribution in [-0.2, 0) is 18.9 Å². The van der Waals surface area contributed by atoms with Crippen LogP contribution < -0.4 is 0 Å². The molecule has 5 unspecified atom stereocenters. The molecule has 1 N–H and O–H groups in total. The first kappa shape index (κ1) is 19.1. The summed E-state index contributed by atoms with van der Waals surface area (Å²) in [6.07, 6.45) is 5.48. The van der Waals surface area contributed by atoms with Crippen molar-refractivity contribution < 1.29 is 24.1 Å². The molecular weight excluding hydrogens is 296 g/mol. The molecule has 2 rings (SSSR count). The third kappa shape index (κ3) is 5.68. The Kier molecular flexibility index (Phi) is 7.29. The number of aliphatic hydroxyl groups is 1. The largest absolute Gasteiger partial charge is 0.390 e. The highest BCUT2D eigenvalue weighted by Gasteiger charge is 2.39. The first-order chi connectivity index (χ1) is 10.9. The Labute approximate surface area is 140 Å². The van der Waals surface area contributed by atoms with Gasteiger partial charge in [-0.3, -0.25) is 0 Å². The van der Waals surface area contributed by atoms with Gasteiger partial charge in [-0.2, -0.15) is 0 Å². The summed E-state index contributed by atoms with van der Waals surface area (Å²) in [4.78, 5) is 0. The van der Waals surface area contributed by atoms with E-state index in [2.05, 4.69) is 13.8 Å². The summed E-state index contributed by atoms with van der Waals surface area (Å²) < 4.78 is 23.4. The normalized spacial score (nSPS) is 34.8. The Morgan fingerprint density at radius 3 is 2.65 bits per heavy atom.